The quantitative estimate of drug-likeness (QED) is 0.287. The van der Waals surface area contributed by atoms with E-state index in [0.717, 1.165) is 0 Å². The lowest BCUT2D eigenvalue weighted by molar-refractivity contribution is -0.104. The molecule has 0 heterocycles. The van der Waals surface area contributed by atoms with Crippen molar-refractivity contribution in [3.05, 3.63) is 29.8 Å². The van der Waals surface area contributed by atoms with Crippen LogP contribution in [0.2, 0.25) is 0 Å². The number of Topliss-reactive ketones (excluding diaryl/α,β-unsaturated/α-hetero) is 1. The lowest BCUT2D eigenvalue weighted by Gasteiger charge is -1.94. The van der Waals surface area contributed by atoms with Crippen molar-refractivity contribution in [3.8, 4) is 0 Å². The van der Waals surface area contributed by atoms with Crippen molar-refractivity contribution in [1.82, 2.24) is 0 Å². The van der Waals surface area contributed by atoms with E-state index in [4.69, 9.17) is 5.73 Å². The van der Waals surface area contributed by atoms with E-state index >= 15 is 0 Å². The molecule has 0 saturated heterocycles. The van der Waals surface area contributed by atoms with Gasteiger partial charge in [0.1, 0.15) is 0 Å². The third kappa shape index (κ3) is 2.17. The Morgan fingerprint density at radius 2 is 2.08 bits per heavy atom. The first-order valence-corrected chi connectivity index (χ1v) is 3.09. The van der Waals surface area contributed by atoms with E-state index in [9.17, 15) is 9.59 Å². The van der Waals surface area contributed by atoms with Crippen molar-refractivity contribution in [3.63, 3.8) is 0 Å². The van der Waals surface area contributed by atoms with Crippen LogP contribution in [-0.2, 0) is 4.79 Å². The summed E-state index contributed by atoms with van der Waals surface area (Å²) in [6.07, 6.45) is 0.273. The summed E-state index contributed by atoms with van der Waals surface area (Å²) in [5.41, 5.74) is 6.20. The minimum absolute atomic E-state index is 0. The number of hydrogen-bond donors (Lipinski definition) is 1. The zero-order chi connectivity index (χ0) is 8.27. The zero-order valence-electron chi connectivity index (χ0n) is 6.28. The molecule has 12 heavy (non-hydrogen) atoms. The van der Waals surface area contributed by atoms with E-state index in [-0.39, 0.29) is 11.8 Å². The molecule has 1 aromatic rings. The highest BCUT2D eigenvalue weighted by atomic mass is 16.2. The fourth-order valence-electron chi connectivity index (χ4n) is 0.760. The number of nitrogens with two attached hydrogens (primary N) is 1. The number of aldehydes is 1. The molecule has 4 nitrogen and oxygen atoms in total. The van der Waals surface area contributed by atoms with Crippen LogP contribution in [0.15, 0.2) is 24.3 Å². The highest BCUT2D eigenvalue weighted by Gasteiger charge is 2.01. The van der Waals surface area contributed by atoms with Crippen LogP contribution in [-0.4, -0.2) is 17.5 Å². The lowest BCUT2D eigenvalue weighted by Crippen LogP contribution is -2.00. The Balaban J connectivity index is 0.00000121. The smallest absolute Gasteiger partial charge is 0.225 e. The molecule has 0 amide bonds. The van der Waals surface area contributed by atoms with E-state index < -0.39 is 5.78 Å². The lowest BCUT2D eigenvalue weighted by atomic mass is 10.1. The van der Waals surface area contributed by atoms with E-state index in [1.54, 1.807) is 18.2 Å². The molecule has 4 N–H and O–H groups in total. The molecule has 0 unspecified atom stereocenters. The Bertz CT molecular complexity index is 296. The second-order valence-electron chi connectivity index (χ2n) is 2.11. The largest absolute Gasteiger partial charge is 0.412 e. The molecule has 0 aromatic heterocycles. The Labute approximate surface area is 69.3 Å². The molecule has 0 atom stereocenters. The molecule has 0 radical (unpaired) electrons. The average molecular weight is 167 g/mol. The van der Waals surface area contributed by atoms with Gasteiger partial charge in [-0.25, -0.2) is 0 Å². The minimum atomic E-state index is -0.544. The van der Waals surface area contributed by atoms with Crippen molar-refractivity contribution in [2.75, 3.05) is 5.73 Å². The third-order valence-corrected chi connectivity index (χ3v) is 1.28. The topological polar surface area (TPSA) is 91.7 Å². The van der Waals surface area contributed by atoms with Crippen LogP contribution in [0.25, 0.3) is 0 Å². The summed E-state index contributed by atoms with van der Waals surface area (Å²) in [7, 11) is 0. The summed E-state index contributed by atoms with van der Waals surface area (Å²) in [6, 6.07) is 6.30. The summed E-state index contributed by atoms with van der Waals surface area (Å²) < 4.78 is 0. The van der Waals surface area contributed by atoms with Crippen LogP contribution in [0.5, 0.6) is 0 Å². The van der Waals surface area contributed by atoms with Gasteiger partial charge in [-0.15, -0.1) is 0 Å². The van der Waals surface area contributed by atoms with Crippen LogP contribution in [0.3, 0.4) is 0 Å². The van der Waals surface area contributed by atoms with Crippen molar-refractivity contribution < 1.29 is 15.1 Å². The van der Waals surface area contributed by atoms with Gasteiger partial charge in [-0.05, 0) is 12.1 Å². The molecule has 0 aliphatic carbocycles. The maximum absolute atomic E-state index is 10.7. The van der Waals surface area contributed by atoms with Crippen molar-refractivity contribution in [2.45, 2.75) is 0 Å². The van der Waals surface area contributed by atoms with Gasteiger partial charge in [0.15, 0.2) is 6.29 Å². The first kappa shape index (κ1) is 10.3. The van der Waals surface area contributed by atoms with E-state index in [2.05, 4.69) is 0 Å². The molecule has 4 heteroatoms. The van der Waals surface area contributed by atoms with Gasteiger partial charge in [0, 0.05) is 11.3 Å². The van der Waals surface area contributed by atoms with Gasteiger partial charge in [-0.2, -0.15) is 0 Å². The van der Waals surface area contributed by atoms with Gasteiger partial charge in [-0.1, -0.05) is 12.1 Å². The minimum Gasteiger partial charge on any atom is -0.412 e. The monoisotopic (exact) mass is 167 g/mol. The normalized spacial score (nSPS) is 8.33. The van der Waals surface area contributed by atoms with Gasteiger partial charge >= 0.3 is 0 Å². The van der Waals surface area contributed by atoms with Crippen LogP contribution in [0, 0.1) is 0 Å². The summed E-state index contributed by atoms with van der Waals surface area (Å²) in [6.45, 7) is 0. The van der Waals surface area contributed by atoms with Gasteiger partial charge < -0.3 is 11.2 Å². The van der Waals surface area contributed by atoms with Crippen LogP contribution in [0.1, 0.15) is 10.4 Å². The molecule has 0 aliphatic heterocycles. The van der Waals surface area contributed by atoms with Crippen LogP contribution >= 0.6 is 0 Å². The third-order valence-electron chi connectivity index (χ3n) is 1.28. The standard InChI is InChI=1S/C8H7NO2.H2O/c9-7-3-1-2-6(4-7)8(11)5-10;/h1-5H,9H2;1H2. The second kappa shape index (κ2) is 4.25. The summed E-state index contributed by atoms with van der Waals surface area (Å²) in [5, 5.41) is 0. The number of nitrogen functional groups attached to an aromatic ring is 1. The van der Waals surface area contributed by atoms with Gasteiger partial charge in [-0.3, -0.25) is 9.59 Å². The summed E-state index contributed by atoms with van der Waals surface area (Å²) in [5.74, 6) is -0.544. The van der Waals surface area contributed by atoms with Crippen LogP contribution in [0.4, 0.5) is 5.69 Å². The number of rotatable bonds is 2. The average Bonchev–Trinajstić information content (AvgIpc) is 2.03. The predicted octanol–water partition coefficient (Wildman–Crippen LogP) is -0.174. The van der Waals surface area contributed by atoms with Gasteiger partial charge in [0.05, 0.1) is 0 Å². The predicted molar refractivity (Wildman–Crippen MR) is 44.9 cm³/mol. The SMILES string of the molecule is Nc1cccc(C(=O)C=O)c1.O. The maximum Gasteiger partial charge on any atom is 0.225 e. The molecule has 0 aliphatic rings. The van der Waals surface area contributed by atoms with E-state index in [0.29, 0.717) is 11.3 Å². The number of carbonyl (C=O) groups is 2. The second-order valence-corrected chi connectivity index (χ2v) is 2.11. The maximum atomic E-state index is 10.7. The molecule has 0 bridgehead atoms. The van der Waals surface area contributed by atoms with Crippen molar-refractivity contribution >= 4 is 17.8 Å². The molecule has 0 saturated carbocycles. The highest BCUT2D eigenvalue weighted by molar-refractivity contribution is 6.33. The Morgan fingerprint density at radius 1 is 1.42 bits per heavy atom. The number of anilines is 1. The molecule has 64 valence electrons. The van der Waals surface area contributed by atoms with Crippen LogP contribution < -0.4 is 5.73 Å². The van der Waals surface area contributed by atoms with E-state index in [1.807, 2.05) is 0 Å². The van der Waals surface area contributed by atoms with Crippen molar-refractivity contribution in [1.29, 1.82) is 0 Å². The van der Waals surface area contributed by atoms with Gasteiger partial charge in [0.2, 0.25) is 5.78 Å². The Hall–Kier alpha value is -1.68. The molecule has 0 spiro atoms. The number of ketones is 1. The summed E-state index contributed by atoms with van der Waals surface area (Å²) in [4.78, 5) is 20.8. The number of carbonyl (C=O) groups excluding carboxylic acids is 2. The zero-order valence-corrected chi connectivity index (χ0v) is 6.28. The molecule has 1 aromatic carbocycles. The molecule has 0 fully saturated rings. The molecular formula is C8H9NO3. The molecular weight excluding hydrogens is 158 g/mol. The Kier molecular flexibility index (Phi) is 3.66. The fourth-order valence-corrected chi connectivity index (χ4v) is 0.760. The van der Waals surface area contributed by atoms with Gasteiger partial charge in [0.25, 0.3) is 0 Å². The number of hydrogen-bond acceptors (Lipinski definition) is 3. The summed E-state index contributed by atoms with van der Waals surface area (Å²) >= 11 is 0. The highest BCUT2D eigenvalue weighted by Crippen LogP contribution is 2.05. The Morgan fingerprint density at radius 3 is 2.58 bits per heavy atom. The fraction of sp³-hybridized carbons (Fsp3) is 0. The first-order chi connectivity index (χ1) is 5.24. The first-order valence-electron chi connectivity index (χ1n) is 3.09. The van der Waals surface area contributed by atoms with E-state index in [1.165, 1.54) is 6.07 Å². The number of benzene rings is 1. The van der Waals surface area contributed by atoms with Crippen molar-refractivity contribution in [2.24, 2.45) is 0 Å². The molecule has 1 rings (SSSR count).